The number of aryl methyl sites for hydroxylation is 1. The van der Waals surface area contributed by atoms with Crippen molar-refractivity contribution in [2.75, 3.05) is 0 Å². The summed E-state index contributed by atoms with van der Waals surface area (Å²) in [4.78, 5) is 5.48. The smallest absolute Gasteiger partial charge is 0.126 e. The Labute approximate surface area is 115 Å². The number of rotatable bonds is 4. The van der Waals surface area contributed by atoms with Crippen molar-refractivity contribution in [1.82, 2.24) is 10.3 Å². The van der Waals surface area contributed by atoms with E-state index >= 15 is 0 Å². The average Bonchev–Trinajstić information content (AvgIpc) is 2.67. The monoisotopic (exact) mass is 282 g/mol. The lowest BCUT2D eigenvalue weighted by Gasteiger charge is -2.05. The molecule has 0 aliphatic heterocycles. The first-order valence-corrected chi connectivity index (χ1v) is 6.93. The van der Waals surface area contributed by atoms with Crippen molar-refractivity contribution in [3.05, 3.63) is 40.4 Å². The molecule has 0 amide bonds. The number of benzene rings is 1. The molecular formula is C14H16F2N2S. The third kappa shape index (κ3) is 3.58. The lowest BCUT2D eigenvalue weighted by molar-refractivity contribution is 0.584. The summed E-state index contributed by atoms with van der Waals surface area (Å²) in [6.07, 6.45) is 0. The van der Waals surface area contributed by atoms with Crippen LogP contribution in [0.25, 0.3) is 10.6 Å². The lowest BCUT2D eigenvalue weighted by Crippen LogP contribution is -2.21. The minimum Gasteiger partial charge on any atom is -0.310 e. The van der Waals surface area contributed by atoms with E-state index in [2.05, 4.69) is 24.1 Å². The van der Waals surface area contributed by atoms with E-state index in [1.54, 1.807) is 0 Å². The number of hydrogen-bond donors (Lipinski definition) is 1. The third-order valence-corrected chi connectivity index (χ3v) is 3.88. The molecule has 1 aromatic carbocycles. The topological polar surface area (TPSA) is 24.9 Å². The molecule has 0 radical (unpaired) electrons. The van der Waals surface area contributed by atoms with E-state index in [0.29, 0.717) is 16.6 Å². The highest BCUT2D eigenvalue weighted by atomic mass is 32.1. The van der Waals surface area contributed by atoms with Crippen LogP contribution in [0.1, 0.15) is 24.4 Å². The molecule has 0 bridgehead atoms. The predicted molar refractivity (Wildman–Crippen MR) is 74.2 cm³/mol. The molecule has 2 rings (SSSR count). The zero-order valence-electron chi connectivity index (χ0n) is 11.1. The van der Waals surface area contributed by atoms with Gasteiger partial charge in [0.25, 0.3) is 0 Å². The second-order valence-electron chi connectivity index (χ2n) is 4.72. The van der Waals surface area contributed by atoms with Crippen molar-refractivity contribution in [3.8, 4) is 10.6 Å². The molecule has 0 atom stereocenters. The van der Waals surface area contributed by atoms with Crippen molar-refractivity contribution in [1.29, 1.82) is 0 Å². The van der Waals surface area contributed by atoms with Crippen LogP contribution in [0.15, 0.2) is 18.2 Å². The fourth-order valence-corrected chi connectivity index (χ4v) is 2.69. The highest BCUT2D eigenvalue weighted by Crippen LogP contribution is 2.29. The van der Waals surface area contributed by atoms with Crippen molar-refractivity contribution in [2.45, 2.75) is 33.4 Å². The normalized spacial score (nSPS) is 11.3. The molecule has 0 unspecified atom stereocenters. The van der Waals surface area contributed by atoms with Crippen LogP contribution in [-0.2, 0) is 6.54 Å². The lowest BCUT2D eigenvalue weighted by atomic mass is 10.2. The molecule has 0 saturated carbocycles. The Morgan fingerprint density at radius 3 is 2.42 bits per heavy atom. The second-order valence-corrected chi connectivity index (χ2v) is 5.80. The predicted octanol–water partition coefficient (Wildman–Crippen LogP) is 3.89. The molecule has 0 saturated heterocycles. The van der Waals surface area contributed by atoms with Crippen LogP contribution in [0, 0.1) is 18.6 Å². The maximum absolute atomic E-state index is 13.2. The second kappa shape index (κ2) is 5.75. The van der Waals surface area contributed by atoms with Gasteiger partial charge in [-0.1, -0.05) is 13.8 Å². The molecule has 2 nitrogen and oxygen atoms in total. The highest BCUT2D eigenvalue weighted by molar-refractivity contribution is 7.15. The summed E-state index contributed by atoms with van der Waals surface area (Å²) in [5.74, 6) is -1.16. The van der Waals surface area contributed by atoms with Gasteiger partial charge in [-0.3, -0.25) is 0 Å². The summed E-state index contributed by atoms with van der Waals surface area (Å²) in [6.45, 7) is 6.77. The summed E-state index contributed by atoms with van der Waals surface area (Å²) in [7, 11) is 0. The van der Waals surface area contributed by atoms with Gasteiger partial charge in [0.15, 0.2) is 0 Å². The van der Waals surface area contributed by atoms with Crippen LogP contribution in [0.3, 0.4) is 0 Å². The zero-order valence-corrected chi connectivity index (χ0v) is 11.9. The molecule has 0 spiro atoms. The average molecular weight is 282 g/mol. The minimum absolute atomic E-state index is 0.386. The van der Waals surface area contributed by atoms with Gasteiger partial charge < -0.3 is 5.32 Å². The van der Waals surface area contributed by atoms with Crippen LogP contribution < -0.4 is 5.32 Å². The van der Waals surface area contributed by atoms with E-state index in [-0.39, 0.29) is 0 Å². The Balaban J connectivity index is 2.28. The molecule has 102 valence electrons. The Morgan fingerprint density at radius 2 is 1.84 bits per heavy atom. The van der Waals surface area contributed by atoms with E-state index in [4.69, 9.17) is 0 Å². The molecule has 1 aromatic heterocycles. The molecule has 1 N–H and O–H groups in total. The van der Waals surface area contributed by atoms with Crippen LogP contribution in [0.2, 0.25) is 0 Å². The molecule has 2 aromatic rings. The van der Waals surface area contributed by atoms with Gasteiger partial charge in [0.2, 0.25) is 0 Å². The summed E-state index contributed by atoms with van der Waals surface area (Å²) < 4.78 is 26.4. The van der Waals surface area contributed by atoms with Crippen molar-refractivity contribution < 1.29 is 8.78 Å². The molecule has 1 heterocycles. The van der Waals surface area contributed by atoms with Gasteiger partial charge in [0.1, 0.15) is 16.6 Å². The van der Waals surface area contributed by atoms with Crippen LogP contribution in [0.4, 0.5) is 8.78 Å². The fourth-order valence-electron chi connectivity index (χ4n) is 1.69. The van der Waals surface area contributed by atoms with Crippen molar-refractivity contribution in [3.63, 3.8) is 0 Å². The summed E-state index contributed by atoms with van der Waals surface area (Å²) in [6, 6.07) is 3.87. The van der Waals surface area contributed by atoms with Crippen LogP contribution in [-0.4, -0.2) is 11.0 Å². The number of nitrogens with zero attached hydrogens (tertiary/aromatic N) is 1. The SMILES string of the molecule is Cc1nc(-c2cc(F)cc(F)c2)sc1CNC(C)C. The van der Waals surface area contributed by atoms with Crippen molar-refractivity contribution in [2.24, 2.45) is 0 Å². The Morgan fingerprint density at radius 1 is 1.21 bits per heavy atom. The standard InChI is InChI=1S/C14H16F2N2S/c1-8(2)17-7-13-9(3)18-14(19-13)10-4-11(15)6-12(16)5-10/h4-6,8,17H,7H2,1-3H3. The number of halogens is 2. The third-order valence-electron chi connectivity index (χ3n) is 2.67. The van der Waals surface area contributed by atoms with Crippen LogP contribution in [0.5, 0.6) is 0 Å². The van der Waals surface area contributed by atoms with Gasteiger partial charge >= 0.3 is 0 Å². The maximum atomic E-state index is 13.2. The van der Waals surface area contributed by atoms with E-state index in [1.807, 2.05) is 6.92 Å². The van der Waals surface area contributed by atoms with Gasteiger partial charge in [0.05, 0.1) is 5.69 Å². The zero-order chi connectivity index (χ0) is 14.0. The number of thiazole rings is 1. The Bertz CT molecular complexity index is 559. The number of hydrogen-bond acceptors (Lipinski definition) is 3. The highest BCUT2D eigenvalue weighted by Gasteiger charge is 2.11. The largest absolute Gasteiger partial charge is 0.310 e. The van der Waals surface area contributed by atoms with Gasteiger partial charge in [-0.15, -0.1) is 11.3 Å². The van der Waals surface area contributed by atoms with E-state index in [9.17, 15) is 8.78 Å². The molecular weight excluding hydrogens is 266 g/mol. The Kier molecular flexibility index (Phi) is 4.27. The fraction of sp³-hybridized carbons (Fsp3) is 0.357. The molecule has 0 fully saturated rings. The molecule has 0 aliphatic rings. The van der Waals surface area contributed by atoms with Gasteiger partial charge in [-0.05, 0) is 19.1 Å². The molecule has 5 heteroatoms. The van der Waals surface area contributed by atoms with E-state index < -0.39 is 11.6 Å². The Hall–Kier alpha value is -1.33. The van der Waals surface area contributed by atoms with Gasteiger partial charge in [-0.25, -0.2) is 13.8 Å². The number of nitrogens with one attached hydrogen (secondary N) is 1. The van der Waals surface area contributed by atoms with Gasteiger partial charge in [0, 0.05) is 29.1 Å². The van der Waals surface area contributed by atoms with Crippen LogP contribution >= 0.6 is 11.3 Å². The van der Waals surface area contributed by atoms with E-state index in [1.165, 1.54) is 23.5 Å². The first kappa shape index (κ1) is 14.1. The first-order valence-electron chi connectivity index (χ1n) is 6.12. The summed E-state index contributed by atoms with van der Waals surface area (Å²) in [5, 5.41) is 3.96. The quantitative estimate of drug-likeness (QED) is 0.920. The maximum Gasteiger partial charge on any atom is 0.126 e. The number of aromatic nitrogens is 1. The molecule has 0 aliphatic carbocycles. The minimum atomic E-state index is -0.579. The molecule has 19 heavy (non-hydrogen) atoms. The van der Waals surface area contributed by atoms with E-state index in [0.717, 1.165) is 23.2 Å². The summed E-state index contributed by atoms with van der Waals surface area (Å²) >= 11 is 1.47. The first-order chi connectivity index (χ1) is 8.95. The van der Waals surface area contributed by atoms with Gasteiger partial charge in [-0.2, -0.15) is 0 Å². The summed E-state index contributed by atoms with van der Waals surface area (Å²) in [5.41, 5.74) is 1.39. The van der Waals surface area contributed by atoms with Crippen molar-refractivity contribution >= 4 is 11.3 Å².